The van der Waals surface area contributed by atoms with Crippen LogP contribution in [0.4, 0.5) is 4.79 Å². The number of aliphatic hydroxyl groups excluding tert-OH is 2. The number of esters is 2. The summed E-state index contributed by atoms with van der Waals surface area (Å²) in [5.41, 5.74) is 2.78. The third-order valence-corrected chi connectivity index (χ3v) is 4.24. The van der Waals surface area contributed by atoms with Gasteiger partial charge < -0.3 is 47.9 Å². The molecule has 0 bridgehead atoms. The summed E-state index contributed by atoms with van der Waals surface area (Å²) in [6, 6.07) is -0.639. The number of ketones is 1. The summed E-state index contributed by atoms with van der Waals surface area (Å²) in [4.78, 5) is 45.2. The average molecular weight is 501 g/mol. The molecule has 0 aromatic rings. The largest absolute Gasteiger partial charge is 1.00 e. The van der Waals surface area contributed by atoms with Crippen molar-refractivity contribution in [2.45, 2.75) is 65.0 Å². The summed E-state index contributed by atoms with van der Waals surface area (Å²) < 4.78 is 13.9. The number of unbranched alkanes of at least 4 members (excludes halogenated alkanes) is 1. The molecular formula is C21H41ClN2O9. The van der Waals surface area contributed by atoms with E-state index in [0.717, 1.165) is 12.8 Å². The third-order valence-electron chi connectivity index (χ3n) is 4.24. The Bertz CT molecular complexity index is 583. The standard InChI is InChI=1S/C17H31NO6.C4H9NO3.ClH/c1-12(14(20)10-13(11-19)15(21)23-5)8-6-7-9-18-16(22)24-17(2,3)4;1-8-4(7)3(5)2-6;/h12-13,19H,6-11H2,1-5H3,(H,18,22);3,6H,2,5H2,1H3;1H. The first kappa shape index (κ1) is 35.6. The Balaban J connectivity index is -0.000000851. The summed E-state index contributed by atoms with van der Waals surface area (Å²) in [5.74, 6) is -2.12. The van der Waals surface area contributed by atoms with Crippen molar-refractivity contribution in [1.82, 2.24) is 5.32 Å². The lowest BCUT2D eigenvalue weighted by Crippen LogP contribution is -3.00. The van der Waals surface area contributed by atoms with Gasteiger partial charge in [0.15, 0.2) is 0 Å². The van der Waals surface area contributed by atoms with Crippen LogP contribution in [0.2, 0.25) is 0 Å². The Hall–Kier alpha value is -1.95. The Morgan fingerprint density at radius 1 is 0.970 bits per heavy atom. The van der Waals surface area contributed by atoms with Crippen LogP contribution in [0.5, 0.6) is 0 Å². The number of nitrogens with one attached hydrogen (secondary N) is 1. The van der Waals surface area contributed by atoms with Crippen LogP contribution in [0.3, 0.4) is 0 Å². The molecule has 0 heterocycles. The van der Waals surface area contributed by atoms with E-state index in [9.17, 15) is 19.2 Å². The first-order valence-corrected chi connectivity index (χ1v) is 10.5. The van der Waals surface area contributed by atoms with E-state index in [2.05, 4.69) is 20.5 Å². The fraction of sp³-hybridized carbons (Fsp3) is 0.810. The molecule has 0 spiro atoms. The molecule has 0 rings (SSSR count). The molecule has 196 valence electrons. The van der Waals surface area contributed by atoms with Crippen molar-refractivity contribution in [1.29, 1.82) is 0 Å². The molecule has 0 aliphatic rings. The monoisotopic (exact) mass is 500 g/mol. The predicted molar refractivity (Wildman–Crippen MR) is 115 cm³/mol. The lowest BCUT2D eigenvalue weighted by Gasteiger charge is -2.19. The van der Waals surface area contributed by atoms with Gasteiger partial charge in [-0.1, -0.05) is 13.3 Å². The smallest absolute Gasteiger partial charge is 0.407 e. The molecule has 0 aromatic carbocycles. The zero-order chi connectivity index (χ0) is 25.3. The number of carbonyl (C=O) groups is 4. The maximum absolute atomic E-state index is 12.1. The minimum atomic E-state index is -0.793. The van der Waals surface area contributed by atoms with Crippen LogP contribution in [0.1, 0.15) is 53.4 Å². The van der Waals surface area contributed by atoms with E-state index in [1.54, 1.807) is 27.7 Å². The second-order valence-corrected chi connectivity index (χ2v) is 8.30. The molecule has 0 fully saturated rings. The maximum atomic E-state index is 12.1. The number of amides is 1. The van der Waals surface area contributed by atoms with Crippen molar-refractivity contribution < 1.29 is 61.7 Å². The molecule has 3 atom stereocenters. The summed E-state index contributed by atoms with van der Waals surface area (Å²) in [7, 11) is 2.49. The van der Waals surface area contributed by atoms with E-state index >= 15 is 0 Å². The number of Topliss-reactive ketones (excluding diaryl/α,β-unsaturated/α-hetero) is 1. The average Bonchev–Trinajstić information content (AvgIpc) is 2.74. The van der Waals surface area contributed by atoms with Crippen molar-refractivity contribution in [3.63, 3.8) is 0 Å². The highest BCUT2D eigenvalue weighted by atomic mass is 35.5. The van der Waals surface area contributed by atoms with Gasteiger partial charge in [0.2, 0.25) is 6.04 Å². The molecule has 0 aliphatic carbocycles. The fourth-order valence-electron chi connectivity index (χ4n) is 2.32. The lowest BCUT2D eigenvalue weighted by molar-refractivity contribution is -0.413. The summed E-state index contributed by atoms with van der Waals surface area (Å²) in [6.45, 7) is 7.03. The molecule has 11 nitrogen and oxygen atoms in total. The van der Waals surface area contributed by atoms with Gasteiger partial charge in [0.1, 0.15) is 18.0 Å². The van der Waals surface area contributed by atoms with Crippen LogP contribution in [0.15, 0.2) is 0 Å². The molecular weight excluding hydrogens is 460 g/mol. The number of quaternary nitrogens is 1. The summed E-state index contributed by atoms with van der Waals surface area (Å²) in [6.07, 6.45) is 1.70. The van der Waals surface area contributed by atoms with E-state index < -0.39 is 42.2 Å². The van der Waals surface area contributed by atoms with Crippen LogP contribution in [-0.4, -0.2) is 79.6 Å². The first-order valence-electron chi connectivity index (χ1n) is 10.5. The molecule has 6 N–H and O–H groups in total. The minimum Gasteiger partial charge on any atom is -1.00 e. The Morgan fingerprint density at radius 3 is 1.91 bits per heavy atom. The second-order valence-electron chi connectivity index (χ2n) is 8.30. The topological polar surface area (TPSA) is 176 Å². The highest BCUT2D eigenvalue weighted by molar-refractivity contribution is 5.85. The highest BCUT2D eigenvalue weighted by Crippen LogP contribution is 2.15. The number of hydrogen-bond donors (Lipinski definition) is 4. The number of halogens is 1. The molecule has 0 radical (unpaired) electrons. The molecule has 3 unspecified atom stereocenters. The van der Waals surface area contributed by atoms with Gasteiger partial charge in [0.25, 0.3) is 0 Å². The Kier molecular flexibility index (Phi) is 21.1. The number of carbonyl (C=O) groups excluding carboxylic acids is 4. The van der Waals surface area contributed by atoms with Crippen LogP contribution >= 0.6 is 0 Å². The third kappa shape index (κ3) is 19.2. The molecule has 0 saturated heterocycles. The number of alkyl carbamates (subject to hydrolysis) is 1. The molecule has 0 saturated carbocycles. The van der Waals surface area contributed by atoms with Gasteiger partial charge in [0.05, 0.1) is 26.7 Å². The van der Waals surface area contributed by atoms with Crippen molar-refractivity contribution >= 4 is 23.8 Å². The van der Waals surface area contributed by atoms with Gasteiger partial charge in [-0.05, 0) is 33.6 Å². The normalized spacial score (nSPS) is 13.1. The SMILES string of the molecule is COC(=O)C(CO)CC(=O)C(C)CCCCNC(=O)OC(C)(C)C.COC(=O)C([NH3+])CO.[Cl-]. The van der Waals surface area contributed by atoms with Crippen molar-refractivity contribution in [2.24, 2.45) is 11.8 Å². The van der Waals surface area contributed by atoms with Crippen LogP contribution in [-0.2, 0) is 28.6 Å². The zero-order valence-corrected chi connectivity index (χ0v) is 21.3. The zero-order valence-electron chi connectivity index (χ0n) is 20.5. The van der Waals surface area contributed by atoms with Crippen LogP contribution in [0, 0.1) is 11.8 Å². The Morgan fingerprint density at radius 2 is 1.52 bits per heavy atom. The van der Waals surface area contributed by atoms with Gasteiger partial charge in [-0.25, -0.2) is 9.59 Å². The number of ether oxygens (including phenoxy) is 3. The molecule has 0 aromatic heterocycles. The number of methoxy groups -OCH3 is 2. The molecule has 33 heavy (non-hydrogen) atoms. The molecule has 12 heteroatoms. The summed E-state index contributed by atoms with van der Waals surface area (Å²) >= 11 is 0. The van der Waals surface area contributed by atoms with Gasteiger partial charge in [-0.15, -0.1) is 0 Å². The first-order chi connectivity index (χ1) is 14.8. The predicted octanol–water partition coefficient (Wildman–Crippen LogP) is -3.18. The molecule has 0 aliphatic heterocycles. The number of aliphatic hydroxyl groups is 2. The van der Waals surface area contributed by atoms with Gasteiger partial charge in [-0.2, -0.15) is 0 Å². The number of hydrogen-bond acceptors (Lipinski definition) is 9. The quantitative estimate of drug-likeness (QED) is 0.122. The fourth-order valence-corrected chi connectivity index (χ4v) is 2.32. The van der Waals surface area contributed by atoms with Crippen molar-refractivity contribution in [3.8, 4) is 0 Å². The van der Waals surface area contributed by atoms with Crippen LogP contribution < -0.4 is 23.5 Å². The molecule has 1 amide bonds. The van der Waals surface area contributed by atoms with E-state index in [0.29, 0.717) is 13.0 Å². The Labute approximate surface area is 202 Å². The van der Waals surface area contributed by atoms with Crippen molar-refractivity contribution in [2.75, 3.05) is 34.0 Å². The maximum Gasteiger partial charge on any atom is 0.407 e. The van der Waals surface area contributed by atoms with Crippen LogP contribution in [0.25, 0.3) is 0 Å². The van der Waals surface area contributed by atoms with E-state index in [1.165, 1.54) is 14.2 Å². The summed E-state index contributed by atoms with van der Waals surface area (Å²) in [5, 5.41) is 20.1. The lowest BCUT2D eigenvalue weighted by atomic mass is 9.92. The second kappa shape index (κ2) is 19.5. The van der Waals surface area contributed by atoms with Gasteiger partial charge in [-0.3, -0.25) is 9.59 Å². The van der Waals surface area contributed by atoms with E-state index in [-0.39, 0.29) is 37.1 Å². The van der Waals surface area contributed by atoms with E-state index in [4.69, 9.17) is 14.9 Å². The van der Waals surface area contributed by atoms with Gasteiger partial charge in [0, 0.05) is 18.9 Å². The van der Waals surface area contributed by atoms with Gasteiger partial charge >= 0.3 is 18.0 Å². The van der Waals surface area contributed by atoms with E-state index in [1.807, 2.05) is 0 Å². The van der Waals surface area contributed by atoms with Crippen molar-refractivity contribution in [3.05, 3.63) is 0 Å². The number of rotatable bonds is 12. The minimum absolute atomic E-state index is 0. The highest BCUT2D eigenvalue weighted by Gasteiger charge is 2.24.